The molecule has 0 heterocycles. The molecule has 0 radical (unpaired) electrons. The highest BCUT2D eigenvalue weighted by atomic mass is 16.4. The second-order valence-electron chi connectivity index (χ2n) is 5.07. The number of unbranched alkanes of at least 4 members (excludes halogenated alkanes) is 1. The summed E-state index contributed by atoms with van der Waals surface area (Å²) in [4.78, 5) is 24.8. The number of hydrogen-bond donors (Lipinski definition) is 3. The molecule has 0 aliphatic rings. The molecule has 3 N–H and O–H groups in total. The molecule has 1 atom stereocenters. The van der Waals surface area contributed by atoms with Gasteiger partial charge in [0.1, 0.15) is 6.04 Å². The second kappa shape index (κ2) is 8.14. The summed E-state index contributed by atoms with van der Waals surface area (Å²) in [5.41, 5.74) is 1.64. The van der Waals surface area contributed by atoms with Crippen molar-refractivity contribution in [2.45, 2.75) is 32.2 Å². The molecule has 0 aliphatic heterocycles. The van der Waals surface area contributed by atoms with Gasteiger partial charge in [-0.05, 0) is 30.7 Å². The lowest BCUT2D eigenvalue weighted by Gasteiger charge is -2.16. The van der Waals surface area contributed by atoms with Crippen molar-refractivity contribution in [3.8, 4) is 0 Å². The third-order valence-corrected chi connectivity index (χ3v) is 3.09. The first kappa shape index (κ1) is 16.8. The lowest BCUT2D eigenvalue weighted by atomic mass is 10.1. The third kappa shape index (κ3) is 5.72. The van der Waals surface area contributed by atoms with Gasteiger partial charge in [-0.15, -0.1) is 0 Å². The summed E-state index contributed by atoms with van der Waals surface area (Å²) < 4.78 is 0. The largest absolute Gasteiger partial charge is 0.480 e. The fraction of sp³-hybridized carbons (Fsp3) is 0.467. The van der Waals surface area contributed by atoms with Crippen LogP contribution in [0.2, 0.25) is 0 Å². The van der Waals surface area contributed by atoms with Crippen LogP contribution in [-0.4, -0.2) is 37.2 Å². The van der Waals surface area contributed by atoms with Crippen molar-refractivity contribution in [2.24, 2.45) is 0 Å². The molecule has 6 heteroatoms. The van der Waals surface area contributed by atoms with E-state index in [1.807, 2.05) is 38.1 Å². The van der Waals surface area contributed by atoms with Gasteiger partial charge in [-0.25, -0.2) is 9.59 Å². The zero-order valence-electron chi connectivity index (χ0n) is 12.7. The van der Waals surface area contributed by atoms with Gasteiger partial charge in [0.25, 0.3) is 0 Å². The molecule has 0 saturated heterocycles. The molecule has 0 bridgehead atoms. The van der Waals surface area contributed by atoms with Crippen LogP contribution in [0.3, 0.4) is 0 Å². The number of carboxylic acid groups (broad SMARTS) is 1. The van der Waals surface area contributed by atoms with Crippen LogP contribution < -0.4 is 15.5 Å². The quantitative estimate of drug-likeness (QED) is 0.721. The van der Waals surface area contributed by atoms with Gasteiger partial charge in [0, 0.05) is 25.5 Å². The van der Waals surface area contributed by atoms with Gasteiger partial charge in [-0.1, -0.05) is 19.8 Å². The highest BCUT2D eigenvalue weighted by Gasteiger charge is 2.19. The van der Waals surface area contributed by atoms with E-state index in [2.05, 4.69) is 10.6 Å². The van der Waals surface area contributed by atoms with Crippen LogP contribution in [0.25, 0.3) is 0 Å². The average molecular weight is 293 g/mol. The molecule has 0 saturated carbocycles. The average Bonchev–Trinajstić information content (AvgIpc) is 2.43. The Balaban J connectivity index is 2.57. The molecule has 0 aromatic heterocycles. The summed E-state index contributed by atoms with van der Waals surface area (Å²) in [7, 11) is 3.86. The van der Waals surface area contributed by atoms with E-state index in [1.54, 1.807) is 12.1 Å². The van der Waals surface area contributed by atoms with Gasteiger partial charge in [-0.3, -0.25) is 0 Å². The van der Waals surface area contributed by atoms with Crippen molar-refractivity contribution in [3.63, 3.8) is 0 Å². The van der Waals surface area contributed by atoms with Crippen molar-refractivity contribution in [1.29, 1.82) is 0 Å². The SMILES string of the molecule is CCCC[C@H](NC(=O)Nc1ccc(N(C)C)cc1)C(=O)O. The first-order valence-electron chi connectivity index (χ1n) is 7.01. The zero-order chi connectivity index (χ0) is 15.8. The number of nitrogens with zero attached hydrogens (tertiary/aromatic N) is 1. The van der Waals surface area contributed by atoms with Gasteiger partial charge in [-0.2, -0.15) is 0 Å². The molecule has 2 amide bonds. The van der Waals surface area contributed by atoms with E-state index >= 15 is 0 Å². The minimum atomic E-state index is -1.01. The van der Waals surface area contributed by atoms with Gasteiger partial charge < -0.3 is 20.6 Å². The van der Waals surface area contributed by atoms with Crippen LogP contribution in [-0.2, 0) is 4.79 Å². The first-order valence-corrected chi connectivity index (χ1v) is 7.01. The number of rotatable bonds is 7. The van der Waals surface area contributed by atoms with E-state index in [4.69, 9.17) is 5.11 Å². The minimum Gasteiger partial charge on any atom is -0.480 e. The second-order valence-corrected chi connectivity index (χ2v) is 5.07. The number of carboxylic acids is 1. The van der Waals surface area contributed by atoms with Crippen LogP contribution in [0.5, 0.6) is 0 Å². The van der Waals surface area contributed by atoms with Gasteiger partial charge in [0.15, 0.2) is 0 Å². The Hall–Kier alpha value is -2.24. The Morgan fingerprint density at radius 2 is 1.86 bits per heavy atom. The Morgan fingerprint density at radius 3 is 2.33 bits per heavy atom. The van der Waals surface area contributed by atoms with E-state index in [9.17, 15) is 9.59 Å². The lowest BCUT2D eigenvalue weighted by molar-refractivity contribution is -0.139. The number of urea groups is 1. The summed E-state index contributed by atoms with van der Waals surface area (Å²) >= 11 is 0. The maximum atomic E-state index is 11.8. The monoisotopic (exact) mass is 293 g/mol. The number of benzene rings is 1. The predicted octanol–water partition coefficient (Wildman–Crippen LogP) is 2.52. The molecule has 116 valence electrons. The third-order valence-electron chi connectivity index (χ3n) is 3.09. The number of carbonyl (C=O) groups is 2. The van der Waals surface area contributed by atoms with Gasteiger partial charge in [0.05, 0.1) is 0 Å². The Labute approximate surface area is 125 Å². The topological polar surface area (TPSA) is 81.7 Å². The summed E-state index contributed by atoms with van der Waals surface area (Å²) in [6, 6.07) is 5.94. The maximum Gasteiger partial charge on any atom is 0.326 e. The van der Waals surface area contributed by atoms with Crippen molar-refractivity contribution in [1.82, 2.24) is 5.32 Å². The highest BCUT2D eigenvalue weighted by Crippen LogP contribution is 2.15. The summed E-state index contributed by atoms with van der Waals surface area (Å²) in [6.45, 7) is 1.98. The van der Waals surface area contributed by atoms with Crippen LogP contribution in [0.15, 0.2) is 24.3 Å². The molecular formula is C15H23N3O3. The number of anilines is 2. The minimum absolute atomic E-state index is 0.429. The molecule has 1 aromatic rings. The normalized spacial score (nSPS) is 11.6. The van der Waals surface area contributed by atoms with E-state index in [1.165, 1.54) is 0 Å². The van der Waals surface area contributed by atoms with Crippen LogP contribution >= 0.6 is 0 Å². The maximum absolute atomic E-state index is 11.8. The standard InChI is InChI=1S/C15H23N3O3/c1-4-5-6-13(14(19)20)17-15(21)16-11-7-9-12(10-8-11)18(2)3/h7-10,13H,4-6H2,1-3H3,(H,19,20)(H2,16,17,21)/t13-/m0/s1. The fourth-order valence-electron chi connectivity index (χ4n) is 1.83. The molecule has 21 heavy (non-hydrogen) atoms. The van der Waals surface area contributed by atoms with E-state index in [-0.39, 0.29) is 0 Å². The van der Waals surface area contributed by atoms with Crippen molar-refractivity contribution >= 4 is 23.4 Å². The van der Waals surface area contributed by atoms with Crippen molar-refractivity contribution in [3.05, 3.63) is 24.3 Å². The highest BCUT2D eigenvalue weighted by molar-refractivity contribution is 5.92. The molecule has 6 nitrogen and oxygen atoms in total. The first-order chi connectivity index (χ1) is 9.93. The summed E-state index contributed by atoms with van der Waals surface area (Å²) in [5, 5.41) is 14.2. The number of amides is 2. The molecule has 0 fully saturated rings. The smallest absolute Gasteiger partial charge is 0.326 e. The Morgan fingerprint density at radius 1 is 1.24 bits per heavy atom. The lowest BCUT2D eigenvalue weighted by Crippen LogP contribution is -2.42. The number of aliphatic carboxylic acids is 1. The zero-order valence-corrected chi connectivity index (χ0v) is 12.7. The van der Waals surface area contributed by atoms with Crippen molar-refractivity contribution < 1.29 is 14.7 Å². The van der Waals surface area contributed by atoms with Crippen molar-refractivity contribution in [2.75, 3.05) is 24.3 Å². The van der Waals surface area contributed by atoms with Crippen LogP contribution in [0.1, 0.15) is 26.2 Å². The van der Waals surface area contributed by atoms with E-state index < -0.39 is 18.0 Å². The van der Waals surface area contributed by atoms with Gasteiger partial charge in [0.2, 0.25) is 0 Å². The Kier molecular flexibility index (Phi) is 6.52. The predicted molar refractivity (Wildman–Crippen MR) is 83.9 cm³/mol. The Bertz CT molecular complexity index is 472. The summed E-state index contributed by atoms with van der Waals surface area (Å²) in [6.07, 6.45) is 2.08. The van der Waals surface area contributed by atoms with Crippen LogP contribution in [0.4, 0.5) is 16.2 Å². The van der Waals surface area contributed by atoms with E-state index in [0.717, 1.165) is 18.5 Å². The number of hydrogen-bond acceptors (Lipinski definition) is 3. The molecule has 0 spiro atoms. The molecule has 1 aromatic carbocycles. The van der Waals surface area contributed by atoms with E-state index in [0.29, 0.717) is 12.1 Å². The molecule has 0 aliphatic carbocycles. The van der Waals surface area contributed by atoms with Gasteiger partial charge >= 0.3 is 12.0 Å². The number of carbonyl (C=O) groups excluding carboxylic acids is 1. The summed E-state index contributed by atoms with van der Waals surface area (Å²) in [5.74, 6) is -1.01. The fourth-order valence-corrected chi connectivity index (χ4v) is 1.83. The van der Waals surface area contributed by atoms with Crippen LogP contribution in [0, 0.1) is 0 Å². The molecular weight excluding hydrogens is 270 g/mol. The number of nitrogens with one attached hydrogen (secondary N) is 2. The molecule has 1 rings (SSSR count). The molecule has 0 unspecified atom stereocenters.